The molecule has 10 heteroatoms. The van der Waals surface area contributed by atoms with E-state index < -0.39 is 12.7 Å². The first kappa shape index (κ1) is 19.2. The predicted molar refractivity (Wildman–Crippen MR) is 96.2 cm³/mol. The largest absolute Gasteiger partial charge is 0.417 e. The van der Waals surface area contributed by atoms with E-state index in [0.29, 0.717) is 17.1 Å². The van der Waals surface area contributed by atoms with E-state index in [0.717, 1.165) is 32.0 Å². The van der Waals surface area contributed by atoms with Gasteiger partial charge in [-0.1, -0.05) is 0 Å². The van der Waals surface area contributed by atoms with E-state index in [1.807, 2.05) is 6.07 Å². The van der Waals surface area contributed by atoms with Gasteiger partial charge in [0, 0.05) is 56.1 Å². The summed E-state index contributed by atoms with van der Waals surface area (Å²) >= 11 is 0. The lowest BCUT2D eigenvalue weighted by atomic mass is 10.1. The van der Waals surface area contributed by atoms with Gasteiger partial charge in [-0.25, -0.2) is 15.0 Å². The first-order valence-electron chi connectivity index (χ1n) is 8.65. The third kappa shape index (κ3) is 5.20. The van der Waals surface area contributed by atoms with Crippen LogP contribution in [-0.2, 0) is 0 Å². The number of ether oxygens (including phenoxy) is 1. The number of alkyl halides is 2. The van der Waals surface area contributed by atoms with Crippen LogP contribution in [0.4, 0.5) is 20.4 Å². The number of pyridine rings is 1. The highest BCUT2D eigenvalue weighted by atomic mass is 19.3. The van der Waals surface area contributed by atoms with Gasteiger partial charge in [0.1, 0.15) is 18.0 Å². The Morgan fingerprint density at radius 1 is 1.30 bits per heavy atom. The summed E-state index contributed by atoms with van der Waals surface area (Å²) < 4.78 is 28.8. The molecule has 2 aromatic rings. The molecule has 3 rings (SSSR count). The van der Waals surface area contributed by atoms with Crippen molar-refractivity contribution in [2.75, 3.05) is 42.9 Å². The molecular formula is C17H22F2N6O2. The molecule has 0 amide bonds. The number of halogens is 2. The number of hydrogen-bond donors (Lipinski definition) is 3. The van der Waals surface area contributed by atoms with E-state index in [2.05, 4.69) is 35.2 Å². The Morgan fingerprint density at radius 2 is 2.07 bits per heavy atom. The van der Waals surface area contributed by atoms with Crippen LogP contribution < -0.4 is 20.3 Å². The Hall–Kier alpha value is -2.59. The van der Waals surface area contributed by atoms with Crippen molar-refractivity contribution in [3.8, 4) is 5.88 Å². The third-order valence-corrected chi connectivity index (χ3v) is 4.24. The molecule has 1 aliphatic rings. The maximum absolute atomic E-state index is 12.2. The zero-order valence-electron chi connectivity index (χ0n) is 14.9. The molecule has 0 radical (unpaired) electrons. The molecule has 8 nitrogen and oxygen atoms in total. The average molecular weight is 380 g/mol. The minimum Gasteiger partial charge on any atom is -0.417 e. The number of hydrogen-bond acceptors (Lipinski definition) is 8. The highest BCUT2D eigenvalue weighted by Crippen LogP contribution is 2.21. The average Bonchev–Trinajstić information content (AvgIpc) is 2.67. The molecule has 3 N–H and O–H groups in total. The van der Waals surface area contributed by atoms with Crippen molar-refractivity contribution in [2.45, 2.75) is 19.6 Å². The van der Waals surface area contributed by atoms with Crippen molar-refractivity contribution in [3.05, 3.63) is 35.8 Å². The van der Waals surface area contributed by atoms with Gasteiger partial charge in [0.2, 0.25) is 5.88 Å². The van der Waals surface area contributed by atoms with Crippen LogP contribution in [0, 0.1) is 6.92 Å². The van der Waals surface area contributed by atoms with E-state index in [-0.39, 0.29) is 12.4 Å². The standard InChI is InChI=1S/C17H22F2N6O2/c1-11-12(2-3-16(24-11)27-17(18)19)13(26)9-21-14-8-15(23-10-22-14)25-6-4-20-5-7-25/h2-3,8,10,13,17,20,26H,4-7,9H2,1H3,(H,21,22,23). The van der Waals surface area contributed by atoms with Crippen LogP contribution in [0.2, 0.25) is 0 Å². The number of piperazine rings is 1. The zero-order chi connectivity index (χ0) is 19.2. The first-order valence-corrected chi connectivity index (χ1v) is 8.65. The number of aliphatic hydroxyl groups is 1. The van der Waals surface area contributed by atoms with Gasteiger partial charge in [0.15, 0.2) is 0 Å². The Bertz CT molecular complexity index is 758. The van der Waals surface area contributed by atoms with E-state index in [4.69, 9.17) is 0 Å². The highest BCUT2D eigenvalue weighted by molar-refractivity contribution is 5.49. The van der Waals surface area contributed by atoms with Crippen LogP contribution in [0.25, 0.3) is 0 Å². The summed E-state index contributed by atoms with van der Waals surface area (Å²) in [5, 5.41) is 16.8. The zero-order valence-corrected chi connectivity index (χ0v) is 14.9. The molecule has 2 aromatic heterocycles. The molecule has 1 atom stereocenters. The summed E-state index contributed by atoms with van der Waals surface area (Å²) in [4.78, 5) is 14.6. The van der Waals surface area contributed by atoms with E-state index in [1.54, 1.807) is 6.92 Å². The van der Waals surface area contributed by atoms with Crippen LogP contribution >= 0.6 is 0 Å². The van der Waals surface area contributed by atoms with Crippen LogP contribution in [0.15, 0.2) is 24.5 Å². The van der Waals surface area contributed by atoms with Gasteiger partial charge < -0.3 is 25.4 Å². The van der Waals surface area contributed by atoms with Crippen molar-refractivity contribution in [1.82, 2.24) is 20.3 Å². The van der Waals surface area contributed by atoms with Gasteiger partial charge in [-0.3, -0.25) is 0 Å². The van der Waals surface area contributed by atoms with Gasteiger partial charge in [-0.2, -0.15) is 8.78 Å². The second-order valence-corrected chi connectivity index (χ2v) is 6.10. The van der Waals surface area contributed by atoms with Crippen molar-refractivity contribution >= 4 is 11.6 Å². The lowest BCUT2D eigenvalue weighted by Gasteiger charge is -2.28. The van der Waals surface area contributed by atoms with Crippen LogP contribution in [0.5, 0.6) is 5.88 Å². The van der Waals surface area contributed by atoms with Gasteiger partial charge in [-0.05, 0) is 13.0 Å². The highest BCUT2D eigenvalue weighted by Gasteiger charge is 2.15. The molecule has 3 heterocycles. The van der Waals surface area contributed by atoms with Gasteiger partial charge in [0.25, 0.3) is 0 Å². The lowest BCUT2D eigenvalue weighted by Crippen LogP contribution is -2.43. The Labute approximate surface area is 155 Å². The van der Waals surface area contributed by atoms with E-state index in [9.17, 15) is 13.9 Å². The Balaban J connectivity index is 1.61. The fourth-order valence-electron chi connectivity index (χ4n) is 2.88. The summed E-state index contributed by atoms with van der Waals surface area (Å²) in [5.41, 5.74) is 0.951. The SMILES string of the molecule is Cc1nc(OC(F)F)ccc1C(O)CNc1cc(N2CCNCC2)ncn1. The van der Waals surface area contributed by atoms with Gasteiger partial charge in [-0.15, -0.1) is 0 Å². The summed E-state index contributed by atoms with van der Waals surface area (Å²) in [5.74, 6) is 1.25. The third-order valence-electron chi connectivity index (χ3n) is 4.24. The molecule has 1 unspecified atom stereocenters. The number of aliphatic hydroxyl groups excluding tert-OH is 1. The predicted octanol–water partition coefficient (Wildman–Crippen LogP) is 1.34. The Morgan fingerprint density at radius 3 is 2.78 bits per heavy atom. The summed E-state index contributed by atoms with van der Waals surface area (Å²) in [7, 11) is 0. The quantitative estimate of drug-likeness (QED) is 0.662. The summed E-state index contributed by atoms with van der Waals surface area (Å²) in [6.45, 7) is 2.44. The summed E-state index contributed by atoms with van der Waals surface area (Å²) in [6.07, 6.45) is 0.603. The molecule has 0 aliphatic carbocycles. The Kier molecular flexibility index (Phi) is 6.30. The van der Waals surface area contributed by atoms with Crippen molar-refractivity contribution in [2.24, 2.45) is 0 Å². The van der Waals surface area contributed by atoms with Crippen LogP contribution in [0.3, 0.4) is 0 Å². The molecule has 0 saturated carbocycles. The minimum atomic E-state index is -2.93. The molecular weight excluding hydrogens is 358 g/mol. The molecule has 1 aliphatic heterocycles. The number of nitrogens with zero attached hydrogens (tertiary/aromatic N) is 4. The monoisotopic (exact) mass is 380 g/mol. The second kappa shape index (κ2) is 8.87. The second-order valence-electron chi connectivity index (χ2n) is 6.10. The number of nitrogens with one attached hydrogen (secondary N) is 2. The molecule has 0 bridgehead atoms. The van der Waals surface area contributed by atoms with Gasteiger partial charge in [0.05, 0.1) is 6.10 Å². The molecule has 1 fully saturated rings. The van der Waals surface area contributed by atoms with E-state index in [1.165, 1.54) is 18.5 Å². The van der Waals surface area contributed by atoms with E-state index >= 15 is 0 Å². The topological polar surface area (TPSA) is 95.4 Å². The normalized spacial score (nSPS) is 15.7. The fraction of sp³-hybridized carbons (Fsp3) is 0.471. The summed E-state index contributed by atoms with van der Waals surface area (Å²) in [6, 6.07) is 4.67. The van der Waals surface area contributed by atoms with Crippen LogP contribution in [0.1, 0.15) is 17.4 Å². The van der Waals surface area contributed by atoms with Crippen molar-refractivity contribution < 1.29 is 18.6 Å². The first-order chi connectivity index (χ1) is 13.0. The maximum Gasteiger partial charge on any atom is 0.388 e. The smallest absolute Gasteiger partial charge is 0.388 e. The van der Waals surface area contributed by atoms with Crippen molar-refractivity contribution in [3.63, 3.8) is 0 Å². The maximum atomic E-state index is 12.2. The molecule has 1 saturated heterocycles. The molecule has 0 spiro atoms. The fourth-order valence-corrected chi connectivity index (χ4v) is 2.88. The molecule has 27 heavy (non-hydrogen) atoms. The molecule has 0 aromatic carbocycles. The number of rotatable bonds is 7. The molecule has 146 valence electrons. The lowest BCUT2D eigenvalue weighted by molar-refractivity contribution is -0.0529. The number of aromatic nitrogens is 3. The van der Waals surface area contributed by atoms with Gasteiger partial charge >= 0.3 is 6.61 Å². The van der Waals surface area contributed by atoms with Crippen molar-refractivity contribution in [1.29, 1.82) is 0 Å². The van der Waals surface area contributed by atoms with Crippen LogP contribution in [-0.4, -0.2) is 59.4 Å². The minimum absolute atomic E-state index is 0.178. The number of aryl methyl sites for hydroxylation is 1. The number of anilines is 2.